The Labute approximate surface area is 279 Å². The van der Waals surface area contributed by atoms with Crippen LogP contribution in [0.2, 0.25) is 0 Å². The van der Waals surface area contributed by atoms with Gasteiger partial charge in [-0.1, -0.05) is 103 Å². The molecule has 0 atom stereocenters. The van der Waals surface area contributed by atoms with Crippen molar-refractivity contribution in [3.05, 3.63) is 158 Å². The van der Waals surface area contributed by atoms with Gasteiger partial charge >= 0.3 is 0 Å². The van der Waals surface area contributed by atoms with Crippen molar-refractivity contribution in [3.8, 4) is 22.6 Å². The van der Waals surface area contributed by atoms with E-state index in [0.29, 0.717) is 5.89 Å². The first-order chi connectivity index (χ1) is 23.8. The second-order valence-corrected chi connectivity index (χ2v) is 13.0. The largest absolute Gasteiger partial charge is 0.454 e. The molecule has 3 heterocycles. The summed E-state index contributed by atoms with van der Waals surface area (Å²) in [6.45, 7) is 0. The van der Waals surface area contributed by atoms with Gasteiger partial charge in [0.15, 0.2) is 11.2 Å². The number of anilines is 3. The van der Waals surface area contributed by atoms with E-state index in [9.17, 15) is 0 Å². The average Bonchev–Trinajstić information content (AvgIpc) is 3.86. The highest BCUT2D eigenvalue weighted by Gasteiger charge is 2.25. The number of hydrogen-bond donors (Lipinski definition) is 0. The van der Waals surface area contributed by atoms with Gasteiger partial charge < -0.3 is 13.7 Å². The molecule has 5 heteroatoms. The molecule has 7 aromatic carbocycles. The third kappa shape index (κ3) is 4.18. The number of hydrogen-bond acceptors (Lipinski definition) is 5. The number of aromatic nitrogens is 1. The minimum absolute atomic E-state index is 0.584. The van der Waals surface area contributed by atoms with Crippen LogP contribution >= 0.6 is 11.3 Å². The third-order valence-corrected chi connectivity index (χ3v) is 10.3. The molecule has 0 spiro atoms. The number of para-hydroxylation sites is 2. The lowest BCUT2D eigenvalue weighted by Crippen LogP contribution is -2.10. The molecular formula is C43H26N2O2S. The number of rotatable bonds is 5. The van der Waals surface area contributed by atoms with Gasteiger partial charge in [-0.3, -0.25) is 0 Å². The lowest BCUT2D eigenvalue weighted by atomic mass is 10.0. The van der Waals surface area contributed by atoms with Crippen LogP contribution in [0.3, 0.4) is 0 Å². The summed E-state index contributed by atoms with van der Waals surface area (Å²) >= 11 is 1.85. The predicted molar refractivity (Wildman–Crippen MR) is 200 cm³/mol. The number of benzene rings is 7. The topological polar surface area (TPSA) is 42.4 Å². The molecule has 0 aliphatic rings. The zero-order valence-corrected chi connectivity index (χ0v) is 26.4. The summed E-state index contributed by atoms with van der Waals surface area (Å²) in [4.78, 5) is 7.27. The first-order valence-corrected chi connectivity index (χ1v) is 16.8. The summed E-state index contributed by atoms with van der Waals surface area (Å²) in [5.74, 6) is 0.584. The van der Waals surface area contributed by atoms with E-state index in [-0.39, 0.29) is 0 Å². The fraction of sp³-hybridized carbons (Fsp3) is 0. The van der Waals surface area contributed by atoms with Crippen LogP contribution in [0.4, 0.5) is 17.1 Å². The standard InChI is InChI=1S/C43H26N2O2S/c1-3-12-28(13-4-1)43-44-35-26-36(41-39(40(35)47-43)34-17-7-9-20-37(34)46-41)45(29-14-5-2-6-15-29)30-24-22-27(23-25-30)31-18-11-19-33-32-16-8-10-21-38(32)48-42(31)33/h1-26H. The van der Waals surface area contributed by atoms with Gasteiger partial charge in [0.1, 0.15) is 11.1 Å². The quantitative estimate of drug-likeness (QED) is 0.189. The maximum absolute atomic E-state index is 6.67. The Morgan fingerprint density at radius 2 is 1.21 bits per heavy atom. The number of thiophene rings is 1. The highest BCUT2D eigenvalue weighted by molar-refractivity contribution is 7.26. The Kier molecular flexibility index (Phi) is 6.01. The van der Waals surface area contributed by atoms with Gasteiger partial charge in [0.05, 0.1) is 11.1 Å². The van der Waals surface area contributed by atoms with Gasteiger partial charge in [-0.05, 0) is 65.7 Å². The zero-order valence-electron chi connectivity index (χ0n) is 25.6. The van der Waals surface area contributed by atoms with E-state index in [0.717, 1.165) is 55.7 Å². The Morgan fingerprint density at radius 1 is 0.521 bits per heavy atom. The second-order valence-electron chi connectivity index (χ2n) is 11.9. The normalized spacial score (nSPS) is 11.8. The molecule has 10 aromatic rings. The van der Waals surface area contributed by atoms with Crippen molar-refractivity contribution in [3.63, 3.8) is 0 Å². The van der Waals surface area contributed by atoms with E-state index in [1.54, 1.807) is 0 Å². The lowest BCUT2D eigenvalue weighted by Gasteiger charge is -2.25. The molecule has 0 N–H and O–H groups in total. The predicted octanol–water partition coefficient (Wildman–Crippen LogP) is 12.9. The fourth-order valence-corrected chi connectivity index (χ4v) is 8.13. The van der Waals surface area contributed by atoms with E-state index in [4.69, 9.17) is 13.8 Å². The van der Waals surface area contributed by atoms with Crippen molar-refractivity contribution < 1.29 is 8.83 Å². The van der Waals surface area contributed by atoms with Crippen LogP contribution in [0.15, 0.2) is 167 Å². The van der Waals surface area contributed by atoms with Crippen LogP contribution < -0.4 is 4.90 Å². The molecule has 0 aliphatic carbocycles. The van der Waals surface area contributed by atoms with Crippen molar-refractivity contribution >= 4 is 81.6 Å². The van der Waals surface area contributed by atoms with Gasteiger partial charge in [0, 0.05) is 42.5 Å². The summed E-state index contributed by atoms with van der Waals surface area (Å²) < 4.78 is 15.8. The average molecular weight is 635 g/mol. The van der Waals surface area contributed by atoms with Crippen LogP contribution in [-0.4, -0.2) is 4.98 Å². The molecule has 3 aromatic heterocycles. The summed E-state index contributed by atoms with van der Waals surface area (Å²) in [6.07, 6.45) is 0. The highest BCUT2D eigenvalue weighted by atomic mass is 32.1. The fourth-order valence-electron chi connectivity index (χ4n) is 6.89. The smallest absolute Gasteiger partial charge is 0.227 e. The minimum atomic E-state index is 0.584. The number of nitrogens with zero attached hydrogens (tertiary/aromatic N) is 2. The molecule has 0 unspecified atom stereocenters. The van der Waals surface area contributed by atoms with Crippen molar-refractivity contribution in [2.24, 2.45) is 0 Å². The van der Waals surface area contributed by atoms with Crippen molar-refractivity contribution in [2.75, 3.05) is 4.90 Å². The van der Waals surface area contributed by atoms with Crippen LogP contribution in [0.25, 0.3) is 75.8 Å². The van der Waals surface area contributed by atoms with E-state index >= 15 is 0 Å². The van der Waals surface area contributed by atoms with Gasteiger partial charge in [-0.2, -0.15) is 0 Å². The maximum atomic E-state index is 6.67. The molecule has 0 saturated heterocycles. The first kappa shape index (κ1) is 27.0. The van der Waals surface area contributed by atoms with Gasteiger partial charge in [-0.25, -0.2) is 4.98 Å². The van der Waals surface area contributed by atoms with Gasteiger partial charge in [0.25, 0.3) is 0 Å². The summed E-state index contributed by atoms with van der Waals surface area (Å²) in [5.41, 5.74) is 9.33. The SMILES string of the molecule is c1ccc(-c2nc3cc(N(c4ccccc4)c4ccc(-c5cccc6c5sc5ccccc56)cc4)c4oc5ccccc5c4c3o2)cc1. The van der Waals surface area contributed by atoms with Crippen LogP contribution in [0.1, 0.15) is 0 Å². The molecule has 48 heavy (non-hydrogen) atoms. The summed E-state index contributed by atoms with van der Waals surface area (Å²) in [7, 11) is 0. The number of furan rings is 1. The highest BCUT2D eigenvalue weighted by Crippen LogP contribution is 2.47. The first-order valence-electron chi connectivity index (χ1n) is 16.0. The Balaban J connectivity index is 1.19. The van der Waals surface area contributed by atoms with Gasteiger partial charge in [0.2, 0.25) is 5.89 Å². The van der Waals surface area contributed by atoms with E-state index in [2.05, 4.69) is 108 Å². The van der Waals surface area contributed by atoms with Crippen molar-refractivity contribution in [2.45, 2.75) is 0 Å². The Hall–Kier alpha value is -6.17. The zero-order chi connectivity index (χ0) is 31.6. The molecular weight excluding hydrogens is 609 g/mol. The molecule has 10 rings (SSSR count). The third-order valence-electron chi connectivity index (χ3n) is 9.10. The van der Waals surface area contributed by atoms with Crippen molar-refractivity contribution in [1.82, 2.24) is 4.98 Å². The molecule has 226 valence electrons. The Morgan fingerprint density at radius 3 is 2.04 bits per heavy atom. The monoisotopic (exact) mass is 634 g/mol. The van der Waals surface area contributed by atoms with Crippen LogP contribution in [0, 0.1) is 0 Å². The van der Waals surface area contributed by atoms with Gasteiger partial charge in [-0.15, -0.1) is 11.3 Å². The molecule has 0 aliphatic heterocycles. The molecule has 0 fully saturated rings. The molecule has 0 radical (unpaired) electrons. The molecule has 0 amide bonds. The maximum Gasteiger partial charge on any atom is 0.227 e. The Bertz CT molecular complexity index is 2780. The minimum Gasteiger partial charge on any atom is -0.454 e. The lowest BCUT2D eigenvalue weighted by molar-refractivity contribution is 0.622. The van der Waals surface area contributed by atoms with Crippen LogP contribution in [-0.2, 0) is 0 Å². The molecule has 0 bridgehead atoms. The number of fused-ring (bicyclic) bond motifs is 8. The summed E-state index contributed by atoms with van der Waals surface area (Å²) in [6, 6.07) is 54.8. The van der Waals surface area contributed by atoms with Crippen LogP contribution in [0.5, 0.6) is 0 Å². The van der Waals surface area contributed by atoms with E-state index in [1.807, 2.05) is 65.9 Å². The van der Waals surface area contributed by atoms with Crippen molar-refractivity contribution in [1.29, 1.82) is 0 Å². The van der Waals surface area contributed by atoms with E-state index < -0.39 is 0 Å². The van der Waals surface area contributed by atoms with E-state index in [1.165, 1.54) is 31.3 Å². The molecule has 4 nitrogen and oxygen atoms in total. The second kappa shape index (κ2) is 10.7. The summed E-state index contributed by atoms with van der Waals surface area (Å²) in [5, 5.41) is 4.52. The number of oxazole rings is 1. The molecule has 0 saturated carbocycles.